The van der Waals surface area contributed by atoms with Crippen LogP contribution in [0.4, 0.5) is 4.39 Å². The number of hydrogen-bond donors (Lipinski definition) is 0. The smallest absolute Gasteiger partial charge is 0.303 e. The summed E-state index contributed by atoms with van der Waals surface area (Å²) < 4.78 is 27.5. The van der Waals surface area contributed by atoms with Gasteiger partial charge in [-0.1, -0.05) is 15.9 Å². The van der Waals surface area contributed by atoms with Gasteiger partial charge in [-0.2, -0.15) is 0 Å². The van der Waals surface area contributed by atoms with Gasteiger partial charge in [-0.3, -0.25) is 9.59 Å². The summed E-state index contributed by atoms with van der Waals surface area (Å²) in [7, 11) is 0. The third-order valence-corrected chi connectivity index (χ3v) is 2.75. The van der Waals surface area contributed by atoms with Gasteiger partial charge in [0.15, 0.2) is 17.2 Å². The van der Waals surface area contributed by atoms with Gasteiger partial charge < -0.3 is 14.2 Å². The number of carbonyl (C=O) groups excluding carboxylic acids is 2. The van der Waals surface area contributed by atoms with Gasteiger partial charge in [-0.25, -0.2) is 4.39 Å². The zero-order chi connectivity index (χ0) is 12.3. The van der Waals surface area contributed by atoms with E-state index in [1.54, 1.807) is 0 Å². The van der Waals surface area contributed by atoms with Crippen molar-refractivity contribution >= 4 is 27.9 Å². The van der Waals surface area contributed by atoms with Crippen molar-refractivity contribution in [3.05, 3.63) is 0 Å². The number of rotatable bonds is 3. The molecule has 1 heterocycles. The molecule has 0 saturated carbocycles. The van der Waals surface area contributed by atoms with Crippen LogP contribution in [0.25, 0.3) is 0 Å². The first kappa shape index (κ1) is 13.4. The van der Waals surface area contributed by atoms with Crippen molar-refractivity contribution < 1.29 is 28.2 Å². The summed E-state index contributed by atoms with van der Waals surface area (Å²) in [5.41, 5.74) is 0. The van der Waals surface area contributed by atoms with E-state index in [-0.39, 0.29) is 0 Å². The van der Waals surface area contributed by atoms with Crippen LogP contribution in [0.2, 0.25) is 0 Å². The second kappa shape index (κ2) is 5.58. The highest BCUT2D eigenvalue weighted by molar-refractivity contribution is 9.09. The maximum absolute atomic E-state index is 12.6. The molecule has 0 aromatic rings. The molecule has 1 aliphatic heterocycles. The normalized spacial score (nSPS) is 33.5. The van der Waals surface area contributed by atoms with Crippen LogP contribution in [0.3, 0.4) is 0 Å². The van der Waals surface area contributed by atoms with E-state index >= 15 is 0 Å². The van der Waals surface area contributed by atoms with Gasteiger partial charge in [0.2, 0.25) is 0 Å². The molecule has 1 unspecified atom stereocenters. The predicted molar refractivity (Wildman–Crippen MR) is 54.7 cm³/mol. The Bertz CT molecular complexity index is 285. The minimum atomic E-state index is -0.921. The maximum atomic E-state index is 12.6. The van der Waals surface area contributed by atoms with Crippen molar-refractivity contribution in [3.8, 4) is 0 Å². The summed E-state index contributed by atoms with van der Waals surface area (Å²) in [4.78, 5) is 21.7. The van der Waals surface area contributed by atoms with Crippen LogP contribution >= 0.6 is 15.9 Å². The van der Waals surface area contributed by atoms with Crippen LogP contribution < -0.4 is 0 Å². The lowest BCUT2D eigenvalue weighted by molar-refractivity contribution is -0.163. The van der Waals surface area contributed by atoms with E-state index in [9.17, 15) is 14.0 Å². The van der Waals surface area contributed by atoms with Crippen molar-refractivity contribution in [1.82, 2.24) is 0 Å². The molecule has 0 aliphatic carbocycles. The van der Waals surface area contributed by atoms with Crippen LogP contribution in [-0.2, 0) is 23.8 Å². The Hall–Kier alpha value is -0.690. The first-order chi connectivity index (χ1) is 7.45. The fourth-order valence-electron chi connectivity index (χ4n) is 1.45. The SMILES string of the molecule is CC(=O)O[C@H]1[C@H](OC(C)=O)C(Br)O[C@@H]1CF. The average molecular weight is 299 g/mol. The second-order valence-electron chi connectivity index (χ2n) is 3.33. The van der Waals surface area contributed by atoms with Gasteiger partial charge in [0, 0.05) is 13.8 Å². The molecule has 0 N–H and O–H groups in total. The second-order valence-corrected chi connectivity index (χ2v) is 4.23. The maximum Gasteiger partial charge on any atom is 0.303 e. The van der Waals surface area contributed by atoms with E-state index in [4.69, 9.17) is 14.2 Å². The molecule has 1 aliphatic rings. The van der Waals surface area contributed by atoms with Crippen LogP contribution in [0.15, 0.2) is 0 Å². The molecule has 0 radical (unpaired) electrons. The zero-order valence-electron chi connectivity index (χ0n) is 8.81. The summed E-state index contributed by atoms with van der Waals surface area (Å²) in [6.45, 7) is 1.59. The number of carbonyl (C=O) groups is 2. The molecule has 1 rings (SSSR count). The third-order valence-electron chi connectivity index (χ3n) is 2.01. The van der Waals surface area contributed by atoms with Gasteiger partial charge in [0.05, 0.1) is 0 Å². The summed E-state index contributed by atoms with van der Waals surface area (Å²) in [5.74, 6) is -1.12. The Kier molecular flexibility index (Phi) is 4.67. The number of esters is 2. The van der Waals surface area contributed by atoms with Gasteiger partial charge in [0.1, 0.15) is 12.8 Å². The monoisotopic (exact) mass is 298 g/mol. The number of hydrogen-bond acceptors (Lipinski definition) is 5. The zero-order valence-corrected chi connectivity index (χ0v) is 10.4. The van der Waals surface area contributed by atoms with E-state index in [0.717, 1.165) is 0 Å². The van der Waals surface area contributed by atoms with E-state index < -0.39 is 41.9 Å². The van der Waals surface area contributed by atoms with Gasteiger partial charge in [0.25, 0.3) is 0 Å². The molecule has 16 heavy (non-hydrogen) atoms. The molecule has 0 spiro atoms. The lowest BCUT2D eigenvalue weighted by Gasteiger charge is -2.21. The van der Waals surface area contributed by atoms with E-state index in [2.05, 4.69) is 15.9 Å². The molecule has 4 atom stereocenters. The highest BCUT2D eigenvalue weighted by Crippen LogP contribution is 2.30. The van der Waals surface area contributed by atoms with Crippen molar-refractivity contribution in [2.75, 3.05) is 6.67 Å². The summed E-state index contributed by atoms with van der Waals surface area (Å²) in [5, 5.41) is -0.679. The minimum absolute atomic E-state index is 0.547. The molecule has 7 heteroatoms. The lowest BCUT2D eigenvalue weighted by Crippen LogP contribution is -2.39. The Morgan fingerprint density at radius 1 is 1.25 bits per heavy atom. The highest BCUT2D eigenvalue weighted by atomic mass is 79.9. The average Bonchev–Trinajstić information content (AvgIpc) is 2.44. The van der Waals surface area contributed by atoms with E-state index in [1.807, 2.05) is 0 Å². The van der Waals surface area contributed by atoms with Gasteiger partial charge >= 0.3 is 11.9 Å². The Morgan fingerprint density at radius 3 is 2.19 bits per heavy atom. The van der Waals surface area contributed by atoms with Crippen LogP contribution in [0, 0.1) is 0 Å². The highest BCUT2D eigenvalue weighted by Gasteiger charge is 2.48. The van der Waals surface area contributed by atoms with E-state index in [0.29, 0.717) is 0 Å². The Labute approximate surface area is 100 Å². The molecule has 1 saturated heterocycles. The molecule has 0 amide bonds. The molecule has 1 fully saturated rings. The summed E-state index contributed by atoms with van der Waals surface area (Å²) >= 11 is 3.09. The van der Waals surface area contributed by atoms with Crippen LogP contribution in [-0.4, -0.2) is 41.9 Å². The summed E-state index contributed by atoms with van der Waals surface area (Å²) in [6, 6.07) is 0. The van der Waals surface area contributed by atoms with Crippen molar-refractivity contribution in [1.29, 1.82) is 0 Å². The number of halogens is 2. The van der Waals surface area contributed by atoms with E-state index in [1.165, 1.54) is 13.8 Å². The first-order valence-electron chi connectivity index (χ1n) is 4.65. The molecular weight excluding hydrogens is 287 g/mol. The first-order valence-corrected chi connectivity index (χ1v) is 5.57. The Morgan fingerprint density at radius 2 is 1.75 bits per heavy atom. The third kappa shape index (κ3) is 3.15. The largest absolute Gasteiger partial charge is 0.456 e. The van der Waals surface area contributed by atoms with Crippen LogP contribution in [0.5, 0.6) is 0 Å². The lowest BCUT2D eigenvalue weighted by atomic mass is 10.1. The molecule has 5 nitrogen and oxygen atoms in total. The standard InChI is InChI=1S/C9H12BrFO5/c1-4(12)14-7-6(3-11)16-9(10)8(7)15-5(2)13/h6-9H,3H2,1-2H3/t6-,7-,8+,9?/m1/s1. The number of alkyl halides is 2. The fourth-order valence-corrected chi connectivity index (χ4v) is 2.14. The Balaban J connectivity index is 2.76. The fraction of sp³-hybridized carbons (Fsp3) is 0.778. The molecule has 0 aromatic heterocycles. The molecular formula is C9H12BrFO5. The van der Waals surface area contributed by atoms with Crippen molar-refractivity contribution in [2.24, 2.45) is 0 Å². The molecule has 0 aromatic carbocycles. The van der Waals surface area contributed by atoms with Crippen molar-refractivity contribution in [3.63, 3.8) is 0 Å². The van der Waals surface area contributed by atoms with Gasteiger partial charge in [-0.05, 0) is 0 Å². The predicted octanol–water partition coefficient (Wildman–Crippen LogP) is 0.939. The quantitative estimate of drug-likeness (QED) is 0.573. The molecule has 92 valence electrons. The minimum Gasteiger partial charge on any atom is -0.456 e. The topological polar surface area (TPSA) is 61.8 Å². The van der Waals surface area contributed by atoms with Crippen LogP contribution in [0.1, 0.15) is 13.8 Å². The number of ether oxygens (including phenoxy) is 3. The van der Waals surface area contributed by atoms with Crippen molar-refractivity contribution in [2.45, 2.75) is 37.2 Å². The molecule has 0 bridgehead atoms. The summed E-state index contributed by atoms with van der Waals surface area (Å²) in [6.07, 6.45) is -2.67. The van der Waals surface area contributed by atoms with Gasteiger partial charge in [-0.15, -0.1) is 0 Å².